The minimum atomic E-state index is -1.62. The quantitative estimate of drug-likeness (QED) is 0.639. The second-order valence-electron chi connectivity index (χ2n) is 3.68. The molecule has 0 aliphatic rings. The van der Waals surface area contributed by atoms with Crippen LogP contribution in [0.15, 0.2) is 47.2 Å². The average molecular weight is 299 g/mol. The van der Waals surface area contributed by atoms with Gasteiger partial charge in [-0.05, 0) is 51.2 Å². The largest absolute Gasteiger partial charge is 0.279 e. The molecule has 0 radical (unpaired) electrons. The van der Waals surface area contributed by atoms with Crippen LogP contribution >= 0.6 is 34.5 Å². The zero-order chi connectivity index (χ0) is 13.2. The summed E-state index contributed by atoms with van der Waals surface area (Å²) in [6.07, 6.45) is 0. The molecule has 0 saturated heterocycles. The monoisotopic (exact) mass is 298 g/mol. The van der Waals surface area contributed by atoms with E-state index in [0.29, 0.717) is 11.1 Å². The molecule has 5 heteroatoms. The van der Waals surface area contributed by atoms with Crippen molar-refractivity contribution in [1.29, 1.82) is 0 Å². The molecule has 1 heterocycles. The van der Waals surface area contributed by atoms with Crippen molar-refractivity contribution in [3.63, 3.8) is 0 Å². The van der Waals surface area contributed by atoms with Gasteiger partial charge in [-0.15, -0.1) is 0 Å². The highest BCUT2D eigenvalue weighted by molar-refractivity contribution is 7.08. The molecule has 0 unspecified atom stereocenters. The number of rotatable bonds is 4. The van der Waals surface area contributed by atoms with E-state index in [2.05, 4.69) is 0 Å². The number of carbonyl (C=O) groups excluding carboxylic acids is 2. The van der Waals surface area contributed by atoms with Crippen molar-refractivity contribution < 1.29 is 9.59 Å². The van der Waals surface area contributed by atoms with Gasteiger partial charge in [-0.1, -0.05) is 30.3 Å². The highest BCUT2D eigenvalue weighted by atomic mass is 35.5. The van der Waals surface area contributed by atoms with E-state index in [0.717, 1.165) is 0 Å². The molecule has 2 aromatic rings. The summed E-state index contributed by atoms with van der Waals surface area (Å²) in [5, 5.41) is 1.87. The first-order chi connectivity index (χ1) is 8.60. The first kappa shape index (κ1) is 13.3. The van der Waals surface area contributed by atoms with E-state index in [1.807, 2.05) is 0 Å². The van der Waals surface area contributed by atoms with Crippen molar-refractivity contribution in [3.8, 4) is 0 Å². The van der Waals surface area contributed by atoms with Crippen LogP contribution in [0.2, 0.25) is 0 Å². The number of thiophene rings is 1. The molecule has 0 aliphatic carbocycles. The van der Waals surface area contributed by atoms with Crippen LogP contribution in [0.5, 0.6) is 0 Å². The van der Waals surface area contributed by atoms with Crippen LogP contribution in [0.25, 0.3) is 0 Å². The first-order valence-electron chi connectivity index (χ1n) is 5.08. The van der Waals surface area contributed by atoms with E-state index < -0.39 is 15.9 Å². The molecule has 0 atom stereocenters. The lowest BCUT2D eigenvalue weighted by Gasteiger charge is -2.25. The van der Waals surface area contributed by atoms with Crippen molar-refractivity contribution in [2.75, 3.05) is 0 Å². The number of hydrogen-bond acceptors (Lipinski definition) is 3. The molecule has 0 N–H and O–H groups in total. The molecule has 0 fully saturated rings. The van der Waals surface area contributed by atoms with Crippen LogP contribution in [0, 0.1) is 0 Å². The topological polar surface area (TPSA) is 34.1 Å². The summed E-state index contributed by atoms with van der Waals surface area (Å²) < 4.78 is 0. The minimum Gasteiger partial charge on any atom is -0.279 e. The van der Waals surface area contributed by atoms with E-state index in [-0.39, 0.29) is 0 Å². The van der Waals surface area contributed by atoms with Gasteiger partial charge in [0, 0.05) is 0 Å². The van der Waals surface area contributed by atoms with Gasteiger partial charge < -0.3 is 0 Å². The van der Waals surface area contributed by atoms with Crippen LogP contribution in [-0.4, -0.2) is 10.5 Å². The Hall–Kier alpha value is -1.16. The number of benzene rings is 1. The second-order valence-corrected chi connectivity index (χ2v) is 5.14. The van der Waals surface area contributed by atoms with Crippen molar-refractivity contribution in [2.24, 2.45) is 0 Å². The summed E-state index contributed by atoms with van der Waals surface area (Å²) in [4.78, 5) is 23.7. The third-order valence-corrected chi connectivity index (χ3v) is 4.00. The van der Waals surface area contributed by atoms with Crippen molar-refractivity contribution in [3.05, 3.63) is 58.3 Å². The minimum absolute atomic E-state index is 0.475. The van der Waals surface area contributed by atoms with Gasteiger partial charge in [-0.25, -0.2) is 0 Å². The first-order valence-corrected chi connectivity index (χ1v) is 6.78. The second kappa shape index (κ2) is 5.22. The zero-order valence-electron chi connectivity index (χ0n) is 9.10. The fourth-order valence-electron chi connectivity index (χ4n) is 1.86. The Balaban J connectivity index is 2.74. The molecule has 0 spiro atoms. The van der Waals surface area contributed by atoms with E-state index in [1.54, 1.807) is 47.2 Å². The van der Waals surface area contributed by atoms with Gasteiger partial charge in [0.15, 0.2) is 5.41 Å². The van der Waals surface area contributed by atoms with Crippen LogP contribution < -0.4 is 0 Å². The molecular weight excluding hydrogens is 291 g/mol. The fourth-order valence-corrected chi connectivity index (χ4v) is 3.23. The molecule has 0 aliphatic heterocycles. The molecule has 1 aromatic carbocycles. The molecular formula is C13H8Cl2O2S. The molecule has 2 nitrogen and oxygen atoms in total. The molecule has 1 aromatic heterocycles. The Morgan fingerprint density at radius 1 is 0.944 bits per heavy atom. The maximum absolute atomic E-state index is 11.9. The maximum Gasteiger partial charge on any atom is 0.245 e. The van der Waals surface area contributed by atoms with E-state index in [1.165, 1.54) is 11.3 Å². The number of carbonyl (C=O) groups is 2. The highest BCUT2D eigenvalue weighted by Gasteiger charge is 2.47. The van der Waals surface area contributed by atoms with Gasteiger partial charge in [0.2, 0.25) is 10.5 Å². The number of hydrogen-bond donors (Lipinski definition) is 0. The van der Waals surface area contributed by atoms with Gasteiger partial charge in [0.1, 0.15) is 0 Å². The van der Waals surface area contributed by atoms with Gasteiger partial charge in [-0.3, -0.25) is 9.59 Å². The Bertz CT molecular complexity index is 550. The van der Waals surface area contributed by atoms with Crippen LogP contribution in [0.3, 0.4) is 0 Å². The average Bonchev–Trinajstić information content (AvgIpc) is 2.84. The Kier molecular flexibility index (Phi) is 3.85. The zero-order valence-corrected chi connectivity index (χ0v) is 11.4. The summed E-state index contributed by atoms with van der Waals surface area (Å²) in [5.41, 5.74) is -0.646. The van der Waals surface area contributed by atoms with Gasteiger partial charge in [0.05, 0.1) is 0 Å². The smallest absolute Gasteiger partial charge is 0.245 e. The maximum atomic E-state index is 11.9. The summed E-state index contributed by atoms with van der Waals surface area (Å²) in [7, 11) is 0. The van der Waals surface area contributed by atoms with E-state index in [9.17, 15) is 9.59 Å². The summed E-state index contributed by atoms with van der Waals surface area (Å²) in [5.74, 6) is 0. The Labute approximate surface area is 118 Å². The lowest BCUT2D eigenvalue weighted by atomic mass is 9.78. The molecule has 92 valence electrons. The van der Waals surface area contributed by atoms with Gasteiger partial charge in [0.25, 0.3) is 0 Å². The molecule has 2 rings (SSSR count). The summed E-state index contributed by atoms with van der Waals surface area (Å²) in [6.45, 7) is 0. The summed E-state index contributed by atoms with van der Waals surface area (Å²) in [6, 6.07) is 10.3. The SMILES string of the molecule is O=C(Cl)C(C(=O)Cl)(c1ccccc1)c1ccsc1. The number of halogens is 2. The van der Waals surface area contributed by atoms with Crippen molar-refractivity contribution >= 4 is 45.0 Å². The summed E-state index contributed by atoms with van der Waals surface area (Å²) >= 11 is 12.7. The molecule has 0 saturated carbocycles. The van der Waals surface area contributed by atoms with Gasteiger partial charge >= 0.3 is 0 Å². The van der Waals surface area contributed by atoms with Crippen molar-refractivity contribution in [1.82, 2.24) is 0 Å². The normalized spacial score (nSPS) is 11.2. The molecule has 0 bridgehead atoms. The van der Waals surface area contributed by atoms with Crippen LogP contribution in [0.4, 0.5) is 0 Å². The molecule has 18 heavy (non-hydrogen) atoms. The van der Waals surface area contributed by atoms with E-state index >= 15 is 0 Å². The lowest BCUT2D eigenvalue weighted by molar-refractivity contribution is -0.124. The molecule has 0 amide bonds. The standard InChI is InChI=1S/C13H8Cl2O2S/c14-11(16)13(12(15)17,10-6-7-18-8-10)9-4-2-1-3-5-9/h1-8H. The third kappa shape index (κ3) is 1.99. The van der Waals surface area contributed by atoms with Crippen molar-refractivity contribution in [2.45, 2.75) is 5.41 Å². The lowest BCUT2D eigenvalue weighted by Crippen LogP contribution is -2.39. The fraction of sp³-hybridized carbons (Fsp3) is 0.0769. The van der Waals surface area contributed by atoms with Crippen LogP contribution in [0.1, 0.15) is 11.1 Å². The Morgan fingerprint density at radius 3 is 2.00 bits per heavy atom. The predicted molar refractivity (Wildman–Crippen MR) is 73.3 cm³/mol. The Morgan fingerprint density at radius 2 is 1.56 bits per heavy atom. The van der Waals surface area contributed by atoms with Crippen LogP contribution in [-0.2, 0) is 15.0 Å². The predicted octanol–water partition coefficient (Wildman–Crippen LogP) is 3.57. The van der Waals surface area contributed by atoms with E-state index in [4.69, 9.17) is 23.2 Å². The van der Waals surface area contributed by atoms with Gasteiger partial charge in [-0.2, -0.15) is 11.3 Å². The highest BCUT2D eigenvalue weighted by Crippen LogP contribution is 2.38. The third-order valence-electron chi connectivity index (χ3n) is 2.75.